The molecule has 9 nitrogen and oxygen atoms in total. The lowest BCUT2D eigenvalue weighted by molar-refractivity contribution is -0.384. The van der Waals surface area contributed by atoms with Crippen molar-refractivity contribution in [2.75, 3.05) is 19.6 Å². The van der Waals surface area contributed by atoms with Gasteiger partial charge in [-0.05, 0) is 51.1 Å². The Bertz CT molecular complexity index is 877. The molecule has 0 radical (unpaired) electrons. The number of nitrogens with zero attached hydrogens (tertiary/aromatic N) is 2. The quantitative estimate of drug-likeness (QED) is 0.506. The number of carbonyl (C=O) groups is 2. The van der Waals surface area contributed by atoms with Crippen molar-refractivity contribution in [2.45, 2.75) is 38.3 Å². The third-order valence-corrected chi connectivity index (χ3v) is 5.23. The van der Waals surface area contributed by atoms with Gasteiger partial charge >= 0.3 is 0 Å². The smallest absolute Gasteiger partial charge is 0.270 e. The number of furan rings is 1. The molecule has 3 rings (SSSR count). The number of nitro benzene ring substituents is 1. The number of nitrogens with one attached hydrogen (secondary N) is 2. The van der Waals surface area contributed by atoms with Gasteiger partial charge in [0.2, 0.25) is 5.91 Å². The number of benzene rings is 1. The van der Waals surface area contributed by atoms with Crippen LogP contribution in [-0.2, 0) is 4.79 Å². The topological polar surface area (TPSA) is 118 Å². The molecule has 1 aliphatic rings. The Hall–Kier alpha value is -3.20. The van der Waals surface area contributed by atoms with Crippen molar-refractivity contribution in [1.29, 1.82) is 0 Å². The SMILES string of the molecule is CC(NC(=O)c1cccc([N+](=O)[O-])c1)C(=O)NCC(c1ccco1)N1CCCCC1. The minimum atomic E-state index is -0.796. The van der Waals surface area contributed by atoms with E-state index in [4.69, 9.17) is 4.42 Å². The molecule has 2 N–H and O–H groups in total. The van der Waals surface area contributed by atoms with E-state index in [2.05, 4.69) is 15.5 Å². The third-order valence-electron chi connectivity index (χ3n) is 5.23. The van der Waals surface area contributed by atoms with Crippen molar-refractivity contribution in [3.8, 4) is 0 Å². The van der Waals surface area contributed by atoms with Crippen molar-refractivity contribution >= 4 is 17.5 Å². The number of amides is 2. The summed E-state index contributed by atoms with van der Waals surface area (Å²) < 4.78 is 5.58. The van der Waals surface area contributed by atoms with Crippen LogP contribution in [0.2, 0.25) is 0 Å². The van der Waals surface area contributed by atoms with Crippen LogP contribution in [0.1, 0.15) is 48.3 Å². The molecule has 2 atom stereocenters. The molecule has 0 bridgehead atoms. The van der Waals surface area contributed by atoms with E-state index in [1.807, 2.05) is 12.1 Å². The molecule has 0 saturated carbocycles. The van der Waals surface area contributed by atoms with E-state index in [9.17, 15) is 19.7 Å². The van der Waals surface area contributed by atoms with Crippen LogP contribution >= 0.6 is 0 Å². The second kappa shape index (κ2) is 10.0. The van der Waals surface area contributed by atoms with Gasteiger partial charge in [-0.25, -0.2) is 0 Å². The number of non-ortho nitro benzene ring substituents is 1. The van der Waals surface area contributed by atoms with Gasteiger partial charge in [0.1, 0.15) is 11.8 Å². The maximum absolute atomic E-state index is 12.6. The molecule has 0 aliphatic carbocycles. The summed E-state index contributed by atoms with van der Waals surface area (Å²) in [5.41, 5.74) is -0.0480. The third kappa shape index (κ3) is 5.44. The van der Waals surface area contributed by atoms with E-state index in [-0.39, 0.29) is 23.2 Å². The Morgan fingerprint density at radius 3 is 2.63 bits per heavy atom. The van der Waals surface area contributed by atoms with E-state index < -0.39 is 16.9 Å². The normalized spacial score (nSPS) is 16.4. The minimum absolute atomic E-state index is 0.0658. The van der Waals surface area contributed by atoms with Gasteiger partial charge in [0, 0.05) is 24.2 Å². The number of hydrogen-bond donors (Lipinski definition) is 2. The van der Waals surface area contributed by atoms with Crippen molar-refractivity contribution < 1.29 is 18.9 Å². The first kappa shape index (κ1) is 21.5. The van der Waals surface area contributed by atoms with Gasteiger partial charge in [-0.3, -0.25) is 24.6 Å². The Balaban J connectivity index is 1.58. The second-order valence-corrected chi connectivity index (χ2v) is 7.38. The first-order chi connectivity index (χ1) is 14.5. The summed E-state index contributed by atoms with van der Waals surface area (Å²) in [5, 5.41) is 16.4. The molecule has 1 fully saturated rings. The molecule has 2 amide bonds. The Labute approximate surface area is 174 Å². The molecule has 1 aromatic heterocycles. The lowest BCUT2D eigenvalue weighted by Gasteiger charge is -2.33. The van der Waals surface area contributed by atoms with Gasteiger partial charge in [0.15, 0.2) is 0 Å². The predicted molar refractivity (Wildman–Crippen MR) is 110 cm³/mol. The van der Waals surface area contributed by atoms with Crippen molar-refractivity contribution in [1.82, 2.24) is 15.5 Å². The van der Waals surface area contributed by atoms with Crippen molar-refractivity contribution in [3.05, 3.63) is 64.1 Å². The maximum atomic E-state index is 12.6. The van der Waals surface area contributed by atoms with Gasteiger partial charge in [-0.15, -0.1) is 0 Å². The van der Waals surface area contributed by atoms with Gasteiger partial charge in [-0.1, -0.05) is 12.5 Å². The lowest BCUT2D eigenvalue weighted by atomic mass is 10.1. The number of rotatable bonds is 8. The van der Waals surface area contributed by atoms with Gasteiger partial charge < -0.3 is 15.1 Å². The first-order valence-corrected chi connectivity index (χ1v) is 10.1. The second-order valence-electron chi connectivity index (χ2n) is 7.38. The van der Waals surface area contributed by atoms with Crippen LogP contribution < -0.4 is 10.6 Å². The predicted octanol–water partition coefficient (Wildman–Crippen LogP) is 2.65. The molecule has 160 valence electrons. The molecule has 9 heteroatoms. The van der Waals surface area contributed by atoms with Crippen LogP contribution in [0.4, 0.5) is 5.69 Å². The van der Waals surface area contributed by atoms with Crippen LogP contribution in [0.25, 0.3) is 0 Å². The molecular weight excluding hydrogens is 388 g/mol. The zero-order valence-electron chi connectivity index (χ0n) is 16.9. The fourth-order valence-corrected chi connectivity index (χ4v) is 3.58. The molecule has 0 spiro atoms. The summed E-state index contributed by atoms with van der Waals surface area (Å²) in [4.78, 5) is 37.5. The Kier molecular flexibility index (Phi) is 7.18. The summed E-state index contributed by atoms with van der Waals surface area (Å²) >= 11 is 0. The summed E-state index contributed by atoms with van der Waals surface area (Å²) in [7, 11) is 0. The monoisotopic (exact) mass is 414 g/mol. The van der Waals surface area contributed by atoms with Gasteiger partial charge in [0.05, 0.1) is 17.2 Å². The highest BCUT2D eigenvalue weighted by Crippen LogP contribution is 2.24. The summed E-state index contributed by atoms with van der Waals surface area (Å²) in [6.45, 7) is 3.83. The zero-order valence-corrected chi connectivity index (χ0v) is 16.9. The summed E-state index contributed by atoms with van der Waals surface area (Å²) in [5.74, 6) is -0.0761. The molecule has 1 aliphatic heterocycles. The highest BCUT2D eigenvalue weighted by Gasteiger charge is 2.26. The standard InChI is InChI=1S/C21H26N4O5/c1-15(23-21(27)16-7-5-8-17(13-16)25(28)29)20(26)22-14-18(19-9-6-12-30-19)24-10-3-2-4-11-24/h5-9,12-13,15,18H,2-4,10-11,14H2,1H3,(H,22,26)(H,23,27). The number of likely N-dealkylation sites (tertiary alicyclic amines) is 1. The van der Waals surface area contributed by atoms with E-state index >= 15 is 0 Å². The number of nitro groups is 1. The number of carbonyl (C=O) groups excluding carboxylic acids is 2. The zero-order chi connectivity index (χ0) is 21.5. The maximum Gasteiger partial charge on any atom is 0.270 e. The van der Waals surface area contributed by atoms with Crippen LogP contribution in [0.5, 0.6) is 0 Å². The fraction of sp³-hybridized carbons (Fsp3) is 0.429. The lowest BCUT2D eigenvalue weighted by Crippen LogP contribution is -2.47. The van der Waals surface area contributed by atoms with Crippen LogP contribution in [-0.4, -0.2) is 47.3 Å². The first-order valence-electron chi connectivity index (χ1n) is 10.1. The number of piperidine rings is 1. The van der Waals surface area contributed by atoms with Crippen LogP contribution in [0.3, 0.4) is 0 Å². The average Bonchev–Trinajstić information content (AvgIpc) is 3.29. The molecular formula is C21H26N4O5. The van der Waals surface area contributed by atoms with E-state index in [1.54, 1.807) is 13.2 Å². The summed E-state index contributed by atoms with van der Waals surface area (Å²) in [6, 6.07) is 8.26. The van der Waals surface area contributed by atoms with Gasteiger partial charge in [0.25, 0.3) is 11.6 Å². The van der Waals surface area contributed by atoms with Crippen molar-refractivity contribution in [2.24, 2.45) is 0 Å². The van der Waals surface area contributed by atoms with E-state index in [0.29, 0.717) is 6.54 Å². The molecule has 2 unspecified atom stereocenters. The largest absolute Gasteiger partial charge is 0.468 e. The summed E-state index contributed by atoms with van der Waals surface area (Å²) in [6.07, 6.45) is 5.05. The molecule has 1 saturated heterocycles. The van der Waals surface area contributed by atoms with Crippen molar-refractivity contribution in [3.63, 3.8) is 0 Å². The van der Waals surface area contributed by atoms with Crippen LogP contribution in [0.15, 0.2) is 47.1 Å². The molecule has 2 aromatic rings. The molecule has 2 heterocycles. The Morgan fingerprint density at radius 2 is 1.97 bits per heavy atom. The average molecular weight is 414 g/mol. The minimum Gasteiger partial charge on any atom is -0.468 e. The highest BCUT2D eigenvalue weighted by molar-refractivity contribution is 5.97. The van der Waals surface area contributed by atoms with Crippen LogP contribution in [0, 0.1) is 10.1 Å². The molecule has 30 heavy (non-hydrogen) atoms. The molecule has 1 aromatic carbocycles. The van der Waals surface area contributed by atoms with Gasteiger partial charge in [-0.2, -0.15) is 0 Å². The van der Waals surface area contributed by atoms with E-state index in [1.165, 1.54) is 30.7 Å². The Morgan fingerprint density at radius 1 is 1.20 bits per heavy atom. The highest BCUT2D eigenvalue weighted by atomic mass is 16.6. The van der Waals surface area contributed by atoms with E-state index in [0.717, 1.165) is 31.7 Å². The fourth-order valence-electron chi connectivity index (χ4n) is 3.58. The number of hydrogen-bond acceptors (Lipinski definition) is 6.